The van der Waals surface area contributed by atoms with Crippen molar-refractivity contribution in [3.05, 3.63) is 102 Å². The number of hydrogen-bond donors (Lipinski definition) is 0. The molecule has 1 atom stereocenters. The number of thiazole rings is 1. The number of benzene rings is 2. The van der Waals surface area contributed by atoms with Crippen LogP contribution in [0.3, 0.4) is 0 Å². The van der Waals surface area contributed by atoms with Crippen LogP contribution in [0.25, 0.3) is 6.08 Å². The topological polar surface area (TPSA) is 60.7 Å². The number of aromatic nitrogens is 1. The fourth-order valence-corrected chi connectivity index (χ4v) is 4.61. The molecule has 7 heteroatoms. The Bertz CT molecular complexity index is 1350. The van der Waals surface area contributed by atoms with Crippen molar-refractivity contribution in [1.29, 1.82) is 0 Å². The van der Waals surface area contributed by atoms with Gasteiger partial charge in [-0.05, 0) is 50.1 Å². The maximum Gasteiger partial charge on any atom is 0.338 e. The zero-order valence-corrected chi connectivity index (χ0v) is 18.2. The van der Waals surface area contributed by atoms with Crippen LogP contribution in [0.5, 0.6) is 0 Å². The van der Waals surface area contributed by atoms with Crippen LogP contribution in [0.1, 0.15) is 36.6 Å². The van der Waals surface area contributed by atoms with Crippen molar-refractivity contribution in [3.63, 3.8) is 0 Å². The molecule has 0 radical (unpaired) electrons. The van der Waals surface area contributed by atoms with E-state index in [-0.39, 0.29) is 17.7 Å². The van der Waals surface area contributed by atoms with Gasteiger partial charge in [0.15, 0.2) is 4.80 Å². The predicted molar refractivity (Wildman–Crippen MR) is 118 cm³/mol. The number of hydrogen-bond acceptors (Lipinski definition) is 5. The summed E-state index contributed by atoms with van der Waals surface area (Å²) in [5.74, 6) is -0.931. The van der Waals surface area contributed by atoms with E-state index in [1.807, 2.05) is 37.3 Å². The Balaban J connectivity index is 1.94. The summed E-state index contributed by atoms with van der Waals surface area (Å²) in [4.78, 5) is 31.2. The number of carbonyl (C=O) groups is 1. The van der Waals surface area contributed by atoms with Gasteiger partial charge in [0.1, 0.15) is 5.82 Å². The van der Waals surface area contributed by atoms with Crippen LogP contribution in [0.15, 0.2) is 69.6 Å². The first kappa shape index (κ1) is 20.9. The van der Waals surface area contributed by atoms with Gasteiger partial charge in [0.25, 0.3) is 5.56 Å². The molecule has 0 unspecified atom stereocenters. The van der Waals surface area contributed by atoms with Gasteiger partial charge >= 0.3 is 5.97 Å². The van der Waals surface area contributed by atoms with Crippen LogP contribution >= 0.6 is 11.3 Å². The Morgan fingerprint density at radius 2 is 1.84 bits per heavy atom. The van der Waals surface area contributed by atoms with Crippen molar-refractivity contribution in [2.45, 2.75) is 26.8 Å². The molecule has 0 spiro atoms. The number of nitrogens with zero attached hydrogens (tertiary/aromatic N) is 2. The van der Waals surface area contributed by atoms with E-state index < -0.39 is 17.8 Å². The normalized spacial score (nSPS) is 16.1. The lowest BCUT2D eigenvalue weighted by Gasteiger charge is -2.24. The van der Waals surface area contributed by atoms with Gasteiger partial charge < -0.3 is 4.74 Å². The van der Waals surface area contributed by atoms with E-state index in [4.69, 9.17) is 4.74 Å². The SMILES string of the molecule is CCOC(=O)C1=C(C)N=c2s/c(=C/c3ccc(C)cc3)c(=O)n2[C@H]1c1ccc(F)cc1. The first-order valence-corrected chi connectivity index (χ1v) is 10.7. The monoisotopic (exact) mass is 436 g/mol. The summed E-state index contributed by atoms with van der Waals surface area (Å²) in [6, 6.07) is 12.9. The lowest BCUT2D eigenvalue weighted by Crippen LogP contribution is -2.39. The number of carbonyl (C=O) groups excluding carboxylic acids is 1. The molecule has 0 bridgehead atoms. The summed E-state index contributed by atoms with van der Waals surface area (Å²) in [7, 11) is 0. The summed E-state index contributed by atoms with van der Waals surface area (Å²) in [5.41, 5.74) is 3.15. The van der Waals surface area contributed by atoms with Crippen molar-refractivity contribution >= 4 is 23.4 Å². The number of allylic oxidation sites excluding steroid dienone is 1. The predicted octanol–water partition coefficient (Wildman–Crippen LogP) is 3.25. The molecule has 0 saturated carbocycles. The molecule has 2 aromatic carbocycles. The van der Waals surface area contributed by atoms with Crippen molar-refractivity contribution in [1.82, 2.24) is 4.57 Å². The number of esters is 1. The van der Waals surface area contributed by atoms with Crippen LogP contribution in [0, 0.1) is 12.7 Å². The summed E-state index contributed by atoms with van der Waals surface area (Å²) in [6.45, 7) is 5.64. The minimum Gasteiger partial charge on any atom is -0.463 e. The lowest BCUT2D eigenvalue weighted by molar-refractivity contribution is -0.139. The first-order chi connectivity index (χ1) is 14.9. The van der Waals surface area contributed by atoms with Gasteiger partial charge in [-0.25, -0.2) is 14.2 Å². The second kappa shape index (κ2) is 8.43. The molecule has 1 aromatic heterocycles. The third-order valence-electron chi connectivity index (χ3n) is 5.08. The van der Waals surface area contributed by atoms with Gasteiger partial charge in [-0.3, -0.25) is 9.36 Å². The molecule has 0 fully saturated rings. The number of aryl methyl sites for hydroxylation is 1. The minimum absolute atomic E-state index is 0.198. The summed E-state index contributed by atoms with van der Waals surface area (Å²) < 4.78 is 20.8. The Hall–Kier alpha value is -3.32. The molecule has 3 aromatic rings. The molecule has 1 aliphatic heterocycles. The fraction of sp³-hybridized carbons (Fsp3) is 0.208. The number of rotatable bonds is 4. The molecule has 2 heterocycles. The van der Waals surface area contributed by atoms with Gasteiger partial charge in [0.2, 0.25) is 0 Å². The van der Waals surface area contributed by atoms with Crippen LogP contribution < -0.4 is 14.9 Å². The number of halogens is 1. The Labute approximate surface area is 182 Å². The van der Waals surface area contributed by atoms with E-state index in [0.717, 1.165) is 11.1 Å². The van der Waals surface area contributed by atoms with Crippen LogP contribution in [-0.4, -0.2) is 17.1 Å². The quantitative estimate of drug-likeness (QED) is 0.590. The molecular weight excluding hydrogens is 415 g/mol. The molecular formula is C24H21FN2O3S. The standard InChI is InChI=1S/C24H21FN2O3S/c1-4-30-23(29)20-15(3)26-24-27(21(20)17-9-11-18(25)12-10-17)22(28)19(31-24)13-16-7-5-14(2)6-8-16/h5-13,21H,4H2,1-3H3/b19-13+/t21-/m0/s1. The van der Waals surface area contributed by atoms with Crippen molar-refractivity contribution in [2.75, 3.05) is 6.61 Å². The highest BCUT2D eigenvalue weighted by atomic mass is 32.1. The summed E-state index contributed by atoms with van der Waals surface area (Å²) in [6.07, 6.45) is 1.81. The molecule has 4 rings (SSSR count). The summed E-state index contributed by atoms with van der Waals surface area (Å²) >= 11 is 1.26. The first-order valence-electron chi connectivity index (χ1n) is 9.91. The van der Waals surface area contributed by atoms with Gasteiger partial charge in [0.05, 0.1) is 28.5 Å². The molecule has 0 amide bonds. The molecule has 0 N–H and O–H groups in total. The third kappa shape index (κ3) is 4.01. The van der Waals surface area contributed by atoms with Gasteiger partial charge in [-0.2, -0.15) is 0 Å². The van der Waals surface area contributed by atoms with Crippen LogP contribution in [0.2, 0.25) is 0 Å². The zero-order valence-electron chi connectivity index (χ0n) is 17.4. The van der Waals surface area contributed by atoms with E-state index >= 15 is 0 Å². The average Bonchev–Trinajstić information content (AvgIpc) is 3.04. The molecule has 0 aliphatic carbocycles. The Morgan fingerprint density at radius 3 is 2.48 bits per heavy atom. The highest BCUT2D eigenvalue weighted by Crippen LogP contribution is 2.30. The molecule has 5 nitrogen and oxygen atoms in total. The van der Waals surface area contributed by atoms with E-state index in [2.05, 4.69) is 4.99 Å². The summed E-state index contributed by atoms with van der Waals surface area (Å²) in [5, 5.41) is 0. The molecule has 0 saturated heterocycles. The third-order valence-corrected chi connectivity index (χ3v) is 6.06. The number of fused-ring (bicyclic) bond motifs is 1. The van der Waals surface area contributed by atoms with E-state index in [1.165, 1.54) is 28.0 Å². The van der Waals surface area contributed by atoms with E-state index in [9.17, 15) is 14.0 Å². The number of ether oxygens (including phenoxy) is 1. The Morgan fingerprint density at radius 1 is 1.16 bits per heavy atom. The van der Waals surface area contributed by atoms with E-state index in [0.29, 0.717) is 20.6 Å². The van der Waals surface area contributed by atoms with Gasteiger partial charge in [0, 0.05) is 0 Å². The Kier molecular flexibility index (Phi) is 5.69. The van der Waals surface area contributed by atoms with Crippen LogP contribution in [-0.2, 0) is 9.53 Å². The molecule has 31 heavy (non-hydrogen) atoms. The second-order valence-electron chi connectivity index (χ2n) is 7.26. The molecule has 1 aliphatic rings. The smallest absolute Gasteiger partial charge is 0.338 e. The van der Waals surface area contributed by atoms with Crippen LogP contribution in [0.4, 0.5) is 4.39 Å². The maximum absolute atomic E-state index is 13.6. The minimum atomic E-state index is -0.740. The van der Waals surface area contributed by atoms with Crippen molar-refractivity contribution in [3.8, 4) is 0 Å². The van der Waals surface area contributed by atoms with Crippen molar-refractivity contribution < 1.29 is 13.9 Å². The maximum atomic E-state index is 13.6. The van der Waals surface area contributed by atoms with Gasteiger partial charge in [-0.1, -0.05) is 53.3 Å². The van der Waals surface area contributed by atoms with Crippen molar-refractivity contribution in [2.24, 2.45) is 4.99 Å². The lowest BCUT2D eigenvalue weighted by atomic mass is 9.96. The average molecular weight is 437 g/mol. The highest BCUT2D eigenvalue weighted by Gasteiger charge is 2.33. The molecule has 158 valence electrons. The van der Waals surface area contributed by atoms with E-state index in [1.54, 1.807) is 26.0 Å². The second-order valence-corrected chi connectivity index (χ2v) is 8.27. The highest BCUT2D eigenvalue weighted by molar-refractivity contribution is 7.07. The fourth-order valence-electron chi connectivity index (χ4n) is 3.57. The largest absolute Gasteiger partial charge is 0.463 e. The zero-order chi connectivity index (χ0) is 22.1. The van der Waals surface area contributed by atoms with Gasteiger partial charge in [-0.15, -0.1) is 0 Å².